The highest BCUT2D eigenvalue weighted by Gasteiger charge is 2.47. The number of methoxy groups -OCH3 is 1. The highest BCUT2D eigenvalue weighted by Crippen LogP contribution is 2.45. The van der Waals surface area contributed by atoms with Gasteiger partial charge in [-0.15, -0.1) is 0 Å². The summed E-state index contributed by atoms with van der Waals surface area (Å²) in [6, 6.07) is 0. The summed E-state index contributed by atoms with van der Waals surface area (Å²) >= 11 is 0. The molecule has 2 saturated heterocycles. The Labute approximate surface area is 176 Å². The molecule has 5 heteroatoms. The quantitative estimate of drug-likeness (QED) is 0.698. The van der Waals surface area contributed by atoms with E-state index >= 15 is 0 Å². The van der Waals surface area contributed by atoms with Crippen LogP contribution in [0.2, 0.25) is 0 Å². The number of nitrogens with zero attached hydrogens (tertiary/aromatic N) is 2. The smallest absolute Gasteiger partial charge is 0.410 e. The van der Waals surface area contributed by atoms with Gasteiger partial charge in [0.05, 0.1) is 6.61 Å². The Balaban J connectivity index is 1.67. The minimum atomic E-state index is -0.446. The summed E-state index contributed by atoms with van der Waals surface area (Å²) in [5, 5.41) is 0. The molecule has 5 nitrogen and oxygen atoms in total. The van der Waals surface area contributed by atoms with E-state index in [0.717, 1.165) is 65.0 Å². The number of allylic oxidation sites excluding steroid dienone is 4. The maximum Gasteiger partial charge on any atom is 0.410 e. The molecule has 2 heterocycles. The highest BCUT2D eigenvalue weighted by molar-refractivity contribution is 5.68. The SMILES string of the molecule is COCC1CN(CC2=CC=CCC=C2)CC12CCCN(C(=O)OC(C)(C)C)CC2. The topological polar surface area (TPSA) is 42.0 Å². The number of likely N-dealkylation sites (tertiary alicyclic amines) is 2. The van der Waals surface area contributed by atoms with Crippen LogP contribution in [0.4, 0.5) is 4.79 Å². The van der Waals surface area contributed by atoms with E-state index < -0.39 is 5.60 Å². The number of ether oxygens (including phenoxy) is 2. The van der Waals surface area contributed by atoms with Gasteiger partial charge in [-0.3, -0.25) is 4.90 Å². The van der Waals surface area contributed by atoms with Gasteiger partial charge in [-0.1, -0.05) is 30.4 Å². The van der Waals surface area contributed by atoms with E-state index in [1.54, 1.807) is 7.11 Å². The Morgan fingerprint density at radius 2 is 2.07 bits per heavy atom. The largest absolute Gasteiger partial charge is 0.444 e. The average molecular weight is 403 g/mol. The summed E-state index contributed by atoms with van der Waals surface area (Å²) in [6.07, 6.45) is 15.1. The molecule has 1 amide bonds. The highest BCUT2D eigenvalue weighted by atomic mass is 16.6. The van der Waals surface area contributed by atoms with Crippen molar-refractivity contribution in [3.63, 3.8) is 0 Å². The first-order valence-corrected chi connectivity index (χ1v) is 11.0. The minimum absolute atomic E-state index is 0.173. The van der Waals surface area contributed by atoms with Crippen molar-refractivity contribution in [3.8, 4) is 0 Å². The van der Waals surface area contributed by atoms with Gasteiger partial charge in [-0.05, 0) is 57.4 Å². The third-order valence-corrected chi connectivity index (χ3v) is 6.34. The van der Waals surface area contributed by atoms with Crippen molar-refractivity contribution < 1.29 is 14.3 Å². The molecule has 1 spiro atoms. The van der Waals surface area contributed by atoms with E-state index in [0.29, 0.717) is 5.92 Å². The molecule has 2 fully saturated rings. The Morgan fingerprint density at radius 1 is 1.24 bits per heavy atom. The third kappa shape index (κ3) is 5.95. The Kier molecular flexibility index (Phi) is 7.23. The van der Waals surface area contributed by atoms with Crippen molar-refractivity contribution in [3.05, 3.63) is 36.0 Å². The van der Waals surface area contributed by atoms with Crippen molar-refractivity contribution in [1.29, 1.82) is 0 Å². The molecule has 0 radical (unpaired) electrons. The van der Waals surface area contributed by atoms with E-state index in [1.165, 1.54) is 5.57 Å². The van der Waals surface area contributed by atoms with E-state index in [4.69, 9.17) is 9.47 Å². The van der Waals surface area contributed by atoms with Crippen molar-refractivity contribution in [2.75, 3.05) is 46.4 Å². The minimum Gasteiger partial charge on any atom is -0.444 e. The van der Waals surface area contributed by atoms with Gasteiger partial charge in [0.15, 0.2) is 0 Å². The van der Waals surface area contributed by atoms with Gasteiger partial charge in [0.25, 0.3) is 0 Å². The fraction of sp³-hybridized carbons (Fsp3) is 0.708. The zero-order chi connectivity index (χ0) is 20.9. The van der Waals surface area contributed by atoms with Crippen LogP contribution < -0.4 is 0 Å². The predicted octanol–water partition coefficient (Wildman–Crippen LogP) is 4.41. The number of carbonyl (C=O) groups is 1. The molecule has 0 aromatic carbocycles. The second-order valence-electron chi connectivity index (χ2n) is 9.81. The average Bonchev–Trinajstić information content (AvgIpc) is 2.84. The molecule has 29 heavy (non-hydrogen) atoms. The van der Waals surface area contributed by atoms with Gasteiger partial charge in [0, 0.05) is 45.8 Å². The van der Waals surface area contributed by atoms with E-state index in [1.807, 2.05) is 25.7 Å². The second kappa shape index (κ2) is 9.48. The van der Waals surface area contributed by atoms with E-state index in [2.05, 4.69) is 35.3 Å². The first-order valence-electron chi connectivity index (χ1n) is 11.0. The van der Waals surface area contributed by atoms with Crippen molar-refractivity contribution in [2.45, 2.75) is 52.1 Å². The molecule has 3 aliphatic rings. The summed E-state index contributed by atoms with van der Waals surface area (Å²) in [6.45, 7) is 11.3. The molecule has 0 aromatic rings. The van der Waals surface area contributed by atoms with Crippen molar-refractivity contribution >= 4 is 6.09 Å². The summed E-state index contributed by atoms with van der Waals surface area (Å²) < 4.78 is 11.2. The monoisotopic (exact) mass is 402 g/mol. The standard InChI is InChI=1S/C24H38N2O3/c1-23(2,3)29-22(27)26-14-9-12-24(13-15-26)19-25(17-21(24)18-28-4)16-20-10-7-5-6-8-11-20/h5,7-8,10-11,21H,6,9,12-19H2,1-4H3. The first kappa shape index (κ1) is 22.1. The van der Waals surface area contributed by atoms with Crippen LogP contribution >= 0.6 is 0 Å². The predicted molar refractivity (Wildman–Crippen MR) is 117 cm³/mol. The van der Waals surface area contributed by atoms with Crippen LogP contribution in [0.15, 0.2) is 36.0 Å². The molecule has 162 valence electrons. The van der Waals surface area contributed by atoms with E-state index in [9.17, 15) is 4.79 Å². The molecule has 2 unspecified atom stereocenters. The molecule has 2 aliphatic heterocycles. The lowest BCUT2D eigenvalue weighted by atomic mass is 9.73. The maximum absolute atomic E-state index is 12.6. The van der Waals surface area contributed by atoms with Gasteiger partial charge >= 0.3 is 6.09 Å². The lowest BCUT2D eigenvalue weighted by molar-refractivity contribution is 0.0242. The Bertz CT molecular complexity index is 662. The van der Waals surface area contributed by atoms with Crippen LogP contribution in [-0.4, -0.2) is 67.9 Å². The summed E-state index contributed by atoms with van der Waals surface area (Å²) in [5.41, 5.74) is 1.14. The molecule has 0 bridgehead atoms. The van der Waals surface area contributed by atoms with Gasteiger partial charge in [0.2, 0.25) is 0 Å². The Morgan fingerprint density at radius 3 is 2.83 bits per heavy atom. The molecular formula is C24H38N2O3. The Hall–Kier alpha value is -1.59. The van der Waals surface area contributed by atoms with Gasteiger partial charge < -0.3 is 14.4 Å². The third-order valence-electron chi connectivity index (χ3n) is 6.34. The zero-order valence-electron chi connectivity index (χ0n) is 18.7. The molecule has 0 N–H and O–H groups in total. The number of hydrogen-bond acceptors (Lipinski definition) is 4. The molecular weight excluding hydrogens is 364 g/mol. The van der Waals surface area contributed by atoms with Crippen molar-refractivity contribution in [1.82, 2.24) is 9.80 Å². The van der Waals surface area contributed by atoms with Gasteiger partial charge in [-0.2, -0.15) is 0 Å². The van der Waals surface area contributed by atoms with Crippen LogP contribution in [0.5, 0.6) is 0 Å². The fourth-order valence-electron chi connectivity index (χ4n) is 4.97. The number of hydrogen-bond donors (Lipinski definition) is 0. The normalized spacial score (nSPS) is 28.3. The van der Waals surface area contributed by atoms with Crippen LogP contribution in [0.25, 0.3) is 0 Å². The zero-order valence-corrected chi connectivity index (χ0v) is 18.7. The first-order chi connectivity index (χ1) is 13.8. The van der Waals surface area contributed by atoms with Crippen LogP contribution in [-0.2, 0) is 9.47 Å². The summed E-state index contributed by atoms with van der Waals surface area (Å²) in [5.74, 6) is 0.511. The van der Waals surface area contributed by atoms with Gasteiger partial charge in [-0.25, -0.2) is 4.79 Å². The van der Waals surface area contributed by atoms with Crippen LogP contribution in [0, 0.1) is 11.3 Å². The van der Waals surface area contributed by atoms with Crippen LogP contribution in [0.1, 0.15) is 46.5 Å². The molecule has 0 saturated carbocycles. The van der Waals surface area contributed by atoms with Crippen LogP contribution in [0.3, 0.4) is 0 Å². The fourth-order valence-corrected chi connectivity index (χ4v) is 4.97. The van der Waals surface area contributed by atoms with E-state index in [-0.39, 0.29) is 11.5 Å². The lowest BCUT2D eigenvalue weighted by Gasteiger charge is -2.34. The maximum atomic E-state index is 12.6. The molecule has 1 aliphatic carbocycles. The second-order valence-corrected chi connectivity index (χ2v) is 9.81. The van der Waals surface area contributed by atoms with Gasteiger partial charge in [0.1, 0.15) is 5.60 Å². The number of carbonyl (C=O) groups excluding carboxylic acids is 1. The number of rotatable bonds is 4. The summed E-state index contributed by atoms with van der Waals surface area (Å²) in [4.78, 5) is 17.1. The van der Waals surface area contributed by atoms with Crippen molar-refractivity contribution in [2.24, 2.45) is 11.3 Å². The lowest BCUT2D eigenvalue weighted by Crippen LogP contribution is -2.39. The number of amides is 1. The molecule has 2 atom stereocenters. The molecule has 3 rings (SSSR count). The summed E-state index contributed by atoms with van der Waals surface area (Å²) in [7, 11) is 1.81. The molecule has 0 aromatic heterocycles.